The highest BCUT2D eigenvalue weighted by Crippen LogP contribution is 2.33. The maximum absolute atomic E-state index is 11.1. The summed E-state index contributed by atoms with van der Waals surface area (Å²) >= 11 is 0. The number of aliphatic hydroxyl groups is 1. The van der Waals surface area contributed by atoms with E-state index in [1.807, 2.05) is 13.8 Å². The third-order valence-electron chi connectivity index (χ3n) is 3.06. The molecule has 18 heavy (non-hydrogen) atoms. The highest BCUT2D eigenvalue weighted by molar-refractivity contribution is 5.90. The Morgan fingerprint density at radius 1 is 1.44 bits per heavy atom. The van der Waals surface area contributed by atoms with Gasteiger partial charge in [-0.05, 0) is 36.0 Å². The molecular weight excluding hydrogens is 234 g/mol. The molecule has 0 fully saturated rings. The topological polar surface area (TPSA) is 92.8 Å². The van der Waals surface area contributed by atoms with Gasteiger partial charge in [-0.2, -0.15) is 5.26 Å². The van der Waals surface area contributed by atoms with Crippen LogP contribution in [0.25, 0.3) is 0 Å². The number of benzene rings is 1. The standard InChI is InChI=1S/C13H19NO4/c1-13(2,6-3-7-15)10-5-4-9(8-11(10)14)12(16)18-17/h4-5,8,15,17H,3,6-7,14H2,1-2H3. The number of rotatable bonds is 5. The summed E-state index contributed by atoms with van der Waals surface area (Å²) < 4.78 is 0. The van der Waals surface area contributed by atoms with Crippen LogP contribution in [0.5, 0.6) is 0 Å². The smallest absolute Gasteiger partial charge is 0.372 e. The number of nitrogens with two attached hydrogens (primary N) is 1. The van der Waals surface area contributed by atoms with Crippen LogP contribution in [0.4, 0.5) is 5.69 Å². The molecule has 0 spiro atoms. The predicted octanol–water partition coefficient (Wildman–Crippen LogP) is 1.95. The van der Waals surface area contributed by atoms with Crippen LogP contribution in [0.3, 0.4) is 0 Å². The van der Waals surface area contributed by atoms with Gasteiger partial charge in [-0.15, -0.1) is 0 Å². The normalized spacial score (nSPS) is 11.3. The molecule has 0 saturated carbocycles. The highest BCUT2D eigenvalue weighted by Gasteiger charge is 2.23. The SMILES string of the molecule is CC(C)(CCCO)c1ccc(C(=O)OO)cc1N. The number of aliphatic hydroxyl groups excluding tert-OH is 1. The van der Waals surface area contributed by atoms with Crippen molar-refractivity contribution in [2.24, 2.45) is 0 Å². The zero-order valence-corrected chi connectivity index (χ0v) is 10.6. The molecule has 0 bridgehead atoms. The van der Waals surface area contributed by atoms with E-state index in [1.54, 1.807) is 12.1 Å². The molecule has 0 heterocycles. The first-order chi connectivity index (χ1) is 8.42. The van der Waals surface area contributed by atoms with Gasteiger partial charge in [0, 0.05) is 12.3 Å². The molecule has 5 heteroatoms. The molecule has 0 atom stereocenters. The summed E-state index contributed by atoms with van der Waals surface area (Å²) in [6.07, 6.45) is 1.48. The summed E-state index contributed by atoms with van der Waals surface area (Å²) in [6.45, 7) is 4.19. The quantitative estimate of drug-likeness (QED) is 0.423. The monoisotopic (exact) mass is 253 g/mol. The first-order valence-corrected chi connectivity index (χ1v) is 5.79. The van der Waals surface area contributed by atoms with Crippen molar-refractivity contribution in [3.8, 4) is 0 Å². The fourth-order valence-corrected chi connectivity index (χ4v) is 2.01. The second-order valence-corrected chi connectivity index (χ2v) is 4.89. The third-order valence-corrected chi connectivity index (χ3v) is 3.06. The second kappa shape index (κ2) is 5.84. The molecule has 0 aliphatic carbocycles. The van der Waals surface area contributed by atoms with Gasteiger partial charge >= 0.3 is 5.97 Å². The summed E-state index contributed by atoms with van der Waals surface area (Å²) in [5.41, 5.74) is 7.32. The molecule has 4 N–H and O–H groups in total. The molecule has 5 nitrogen and oxygen atoms in total. The number of nitrogen functional groups attached to an aromatic ring is 1. The van der Waals surface area contributed by atoms with E-state index in [9.17, 15) is 4.79 Å². The number of hydrogen-bond acceptors (Lipinski definition) is 5. The molecule has 0 unspecified atom stereocenters. The van der Waals surface area contributed by atoms with E-state index in [0.29, 0.717) is 12.1 Å². The van der Waals surface area contributed by atoms with Crippen molar-refractivity contribution in [3.63, 3.8) is 0 Å². The lowest BCUT2D eigenvalue weighted by molar-refractivity contribution is -0.182. The summed E-state index contributed by atoms with van der Waals surface area (Å²) in [5.74, 6) is -0.832. The van der Waals surface area contributed by atoms with Gasteiger partial charge in [0.2, 0.25) is 0 Å². The van der Waals surface area contributed by atoms with E-state index in [-0.39, 0.29) is 17.6 Å². The van der Waals surface area contributed by atoms with Crippen molar-refractivity contribution >= 4 is 11.7 Å². The largest absolute Gasteiger partial charge is 0.398 e. The second-order valence-electron chi connectivity index (χ2n) is 4.89. The van der Waals surface area contributed by atoms with Crippen molar-refractivity contribution < 1.29 is 20.0 Å². The predicted molar refractivity (Wildman–Crippen MR) is 68.2 cm³/mol. The Morgan fingerprint density at radius 3 is 2.61 bits per heavy atom. The Labute approximate surface area is 106 Å². The Bertz CT molecular complexity index is 429. The number of anilines is 1. The van der Waals surface area contributed by atoms with E-state index in [1.165, 1.54) is 6.07 Å². The summed E-state index contributed by atoms with van der Waals surface area (Å²) in [6, 6.07) is 4.79. The van der Waals surface area contributed by atoms with E-state index < -0.39 is 5.97 Å². The molecule has 0 radical (unpaired) electrons. The molecule has 1 aromatic rings. The first kappa shape index (κ1) is 14.5. The van der Waals surface area contributed by atoms with Crippen molar-refractivity contribution in [3.05, 3.63) is 29.3 Å². The molecule has 100 valence electrons. The van der Waals surface area contributed by atoms with Crippen LogP contribution in [0.15, 0.2) is 18.2 Å². The number of carbonyl (C=O) groups is 1. The third kappa shape index (κ3) is 3.21. The zero-order valence-electron chi connectivity index (χ0n) is 10.6. The van der Waals surface area contributed by atoms with Gasteiger partial charge in [0.05, 0.1) is 5.56 Å². The number of hydrogen-bond donors (Lipinski definition) is 3. The minimum absolute atomic E-state index is 0.137. The Hall–Kier alpha value is -1.59. The van der Waals surface area contributed by atoms with Crippen molar-refractivity contribution in [2.45, 2.75) is 32.1 Å². The molecule has 0 amide bonds. The fraction of sp³-hybridized carbons (Fsp3) is 0.462. The summed E-state index contributed by atoms with van der Waals surface area (Å²) in [4.78, 5) is 14.8. The van der Waals surface area contributed by atoms with Gasteiger partial charge in [-0.3, -0.25) is 4.89 Å². The van der Waals surface area contributed by atoms with Gasteiger partial charge in [-0.25, -0.2) is 4.79 Å². The molecular formula is C13H19NO4. The van der Waals surface area contributed by atoms with Gasteiger partial charge in [-0.1, -0.05) is 19.9 Å². The van der Waals surface area contributed by atoms with Crippen LogP contribution >= 0.6 is 0 Å². The van der Waals surface area contributed by atoms with Crippen molar-refractivity contribution in [1.82, 2.24) is 0 Å². The van der Waals surface area contributed by atoms with E-state index in [2.05, 4.69) is 4.89 Å². The number of carbonyl (C=O) groups excluding carboxylic acids is 1. The van der Waals surface area contributed by atoms with Crippen LogP contribution in [0, 0.1) is 0 Å². The van der Waals surface area contributed by atoms with Crippen molar-refractivity contribution in [2.75, 3.05) is 12.3 Å². The molecule has 0 aliphatic rings. The van der Waals surface area contributed by atoms with Crippen LogP contribution in [0.2, 0.25) is 0 Å². The molecule has 0 saturated heterocycles. The summed E-state index contributed by atoms with van der Waals surface area (Å²) in [5, 5.41) is 17.2. The van der Waals surface area contributed by atoms with Crippen LogP contribution in [-0.2, 0) is 10.3 Å². The lowest BCUT2D eigenvalue weighted by atomic mass is 9.79. The van der Waals surface area contributed by atoms with Gasteiger partial charge in [0.1, 0.15) is 0 Å². The summed E-state index contributed by atoms with van der Waals surface area (Å²) in [7, 11) is 0. The molecule has 0 aromatic heterocycles. The maximum Gasteiger partial charge on any atom is 0.372 e. The maximum atomic E-state index is 11.1. The highest BCUT2D eigenvalue weighted by atomic mass is 17.1. The van der Waals surface area contributed by atoms with E-state index >= 15 is 0 Å². The van der Waals surface area contributed by atoms with Crippen LogP contribution < -0.4 is 5.73 Å². The Morgan fingerprint density at radius 2 is 2.11 bits per heavy atom. The lowest BCUT2D eigenvalue weighted by Crippen LogP contribution is -2.20. The van der Waals surface area contributed by atoms with Crippen LogP contribution in [0.1, 0.15) is 42.6 Å². The lowest BCUT2D eigenvalue weighted by Gasteiger charge is -2.26. The van der Waals surface area contributed by atoms with E-state index in [4.69, 9.17) is 16.1 Å². The van der Waals surface area contributed by atoms with Crippen molar-refractivity contribution in [1.29, 1.82) is 0 Å². The molecule has 1 aromatic carbocycles. The Kier molecular flexibility index (Phi) is 4.69. The molecule has 0 aliphatic heterocycles. The van der Waals surface area contributed by atoms with E-state index in [0.717, 1.165) is 12.0 Å². The molecule has 1 rings (SSSR count). The van der Waals surface area contributed by atoms with Crippen LogP contribution in [-0.4, -0.2) is 22.9 Å². The van der Waals surface area contributed by atoms with Gasteiger partial charge in [0.25, 0.3) is 0 Å². The minimum atomic E-state index is -0.832. The minimum Gasteiger partial charge on any atom is -0.398 e. The Balaban J connectivity index is 3.01. The van der Waals surface area contributed by atoms with Gasteiger partial charge in [0.15, 0.2) is 0 Å². The van der Waals surface area contributed by atoms with Gasteiger partial charge < -0.3 is 10.8 Å². The zero-order chi connectivity index (χ0) is 13.8. The average Bonchev–Trinajstić information content (AvgIpc) is 2.35. The average molecular weight is 253 g/mol. The fourth-order valence-electron chi connectivity index (χ4n) is 2.01. The first-order valence-electron chi connectivity index (χ1n) is 5.79.